The fraction of sp³-hybridized carbons (Fsp3) is 0.462. The van der Waals surface area contributed by atoms with Crippen molar-refractivity contribution < 1.29 is 19.1 Å². The van der Waals surface area contributed by atoms with E-state index in [9.17, 15) is 9.59 Å². The summed E-state index contributed by atoms with van der Waals surface area (Å²) in [6.45, 7) is 7.93. The predicted molar refractivity (Wildman–Crippen MR) is 128 cm³/mol. The summed E-state index contributed by atoms with van der Waals surface area (Å²) in [7, 11) is 1.66. The summed E-state index contributed by atoms with van der Waals surface area (Å²) < 4.78 is 10.6. The van der Waals surface area contributed by atoms with Crippen LogP contribution in [0.25, 0.3) is 0 Å². The number of hydrogen-bond donors (Lipinski definition) is 1. The Morgan fingerprint density at radius 2 is 1.67 bits per heavy atom. The summed E-state index contributed by atoms with van der Waals surface area (Å²) in [4.78, 5) is 29.9. The van der Waals surface area contributed by atoms with E-state index in [0.29, 0.717) is 13.1 Å². The van der Waals surface area contributed by atoms with Gasteiger partial charge in [-0.2, -0.15) is 0 Å². The monoisotopic (exact) mass is 453 g/mol. The number of carbonyl (C=O) groups excluding carboxylic acids is 2. The number of nitrogens with one attached hydrogen (secondary N) is 1. The van der Waals surface area contributed by atoms with Crippen LogP contribution in [0, 0.1) is 5.92 Å². The zero-order valence-corrected chi connectivity index (χ0v) is 19.8. The van der Waals surface area contributed by atoms with E-state index in [1.807, 2.05) is 61.2 Å². The molecule has 1 fully saturated rings. The Bertz CT molecular complexity index is 886. The molecule has 1 aliphatic rings. The molecule has 1 saturated heterocycles. The summed E-state index contributed by atoms with van der Waals surface area (Å²) in [6.07, 6.45) is 0.326. The summed E-state index contributed by atoms with van der Waals surface area (Å²) in [5.74, 6) is 0.759. The van der Waals surface area contributed by atoms with E-state index < -0.39 is 12.1 Å². The second kappa shape index (κ2) is 12.3. The maximum absolute atomic E-state index is 13.3. The van der Waals surface area contributed by atoms with Crippen LogP contribution in [-0.4, -0.2) is 61.1 Å². The van der Waals surface area contributed by atoms with Crippen molar-refractivity contribution in [1.29, 1.82) is 0 Å². The third-order valence-electron chi connectivity index (χ3n) is 5.88. The lowest BCUT2D eigenvalue weighted by Gasteiger charge is -2.29. The van der Waals surface area contributed by atoms with Crippen molar-refractivity contribution in [2.24, 2.45) is 5.92 Å². The van der Waals surface area contributed by atoms with E-state index in [-0.39, 0.29) is 18.4 Å². The first-order chi connectivity index (χ1) is 16.0. The van der Waals surface area contributed by atoms with E-state index in [1.165, 1.54) is 5.56 Å². The standard InChI is InChI=1S/C26H35N3O4/c1-20(2)24(27-26(31)33-19-22-8-5-4-6-9-22)25(30)29-15-7-14-28(16-17-29)18-21-10-12-23(32-3)13-11-21/h4-6,8-13,20,24H,7,14-19H2,1-3H3,(H,27,31)/t24-/m0/s1. The summed E-state index contributed by atoms with van der Waals surface area (Å²) in [5, 5.41) is 2.79. The Morgan fingerprint density at radius 3 is 2.33 bits per heavy atom. The molecular weight excluding hydrogens is 418 g/mol. The molecule has 2 amide bonds. The highest BCUT2D eigenvalue weighted by Crippen LogP contribution is 2.15. The Balaban J connectivity index is 1.52. The fourth-order valence-electron chi connectivity index (χ4n) is 3.94. The van der Waals surface area contributed by atoms with Crippen LogP contribution in [-0.2, 0) is 22.7 Å². The minimum Gasteiger partial charge on any atom is -0.497 e. The van der Waals surface area contributed by atoms with Crippen LogP contribution in [0.1, 0.15) is 31.4 Å². The predicted octanol–water partition coefficient (Wildman–Crippen LogP) is 3.68. The van der Waals surface area contributed by atoms with E-state index in [0.717, 1.165) is 37.4 Å². The molecule has 0 aromatic heterocycles. The number of nitrogens with zero attached hydrogens (tertiary/aromatic N) is 2. The normalized spacial score (nSPS) is 15.6. The van der Waals surface area contributed by atoms with Crippen LogP contribution in [0.15, 0.2) is 54.6 Å². The first-order valence-corrected chi connectivity index (χ1v) is 11.6. The Hall–Kier alpha value is -3.06. The zero-order valence-electron chi connectivity index (χ0n) is 19.8. The second-order valence-corrected chi connectivity index (χ2v) is 8.73. The molecule has 0 radical (unpaired) electrons. The van der Waals surface area contributed by atoms with E-state index in [2.05, 4.69) is 22.3 Å². The van der Waals surface area contributed by atoms with Gasteiger partial charge in [0, 0.05) is 32.7 Å². The molecule has 33 heavy (non-hydrogen) atoms. The maximum atomic E-state index is 13.3. The Kier molecular flexibility index (Phi) is 9.13. The lowest BCUT2D eigenvalue weighted by molar-refractivity contribution is -0.134. The molecule has 1 atom stereocenters. The molecule has 0 aliphatic carbocycles. The minimum absolute atomic E-state index is 0.0413. The summed E-state index contributed by atoms with van der Waals surface area (Å²) in [6, 6.07) is 17.0. The number of rotatable bonds is 8. The molecule has 7 heteroatoms. The van der Waals surface area contributed by atoms with Gasteiger partial charge in [0.15, 0.2) is 0 Å². The lowest BCUT2D eigenvalue weighted by Crippen LogP contribution is -2.52. The molecule has 7 nitrogen and oxygen atoms in total. The first-order valence-electron chi connectivity index (χ1n) is 11.6. The average molecular weight is 454 g/mol. The van der Waals surface area contributed by atoms with Gasteiger partial charge in [0.2, 0.25) is 5.91 Å². The largest absolute Gasteiger partial charge is 0.497 e. The third-order valence-corrected chi connectivity index (χ3v) is 5.88. The molecule has 0 spiro atoms. The lowest BCUT2D eigenvalue weighted by atomic mass is 10.0. The SMILES string of the molecule is COc1ccc(CN2CCCN(C(=O)[C@@H](NC(=O)OCc3ccccc3)C(C)C)CC2)cc1. The Morgan fingerprint density at radius 1 is 0.939 bits per heavy atom. The van der Waals surface area contributed by atoms with Crippen LogP contribution >= 0.6 is 0 Å². The smallest absolute Gasteiger partial charge is 0.408 e. The molecule has 0 saturated carbocycles. The maximum Gasteiger partial charge on any atom is 0.408 e. The molecule has 3 rings (SSSR count). The van der Waals surface area contributed by atoms with Crippen LogP contribution in [0.5, 0.6) is 5.75 Å². The van der Waals surface area contributed by atoms with Gasteiger partial charge in [0.05, 0.1) is 7.11 Å². The van der Waals surface area contributed by atoms with Crippen molar-refractivity contribution in [2.75, 3.05) is 33.3 Å². The highest BCUT2D eigenvalue weighted by molar-refractivity contribution is 5.86. The molecular formula is C26H35N3O4. The van der Waals surface area contributed by atoms with Gasteiger partial charge in [0.25, 0.3) is 0 Å². The average Bonchev–Trinajstić information content (AvgIpc) is 3.07. The number of ether oxygens (including phenoxy) is 2. The Labute approximate surface area is 196 Å². The number of methoxy groups -OCH3 is 1. The van der Waals surface area contributed by atoms with Gasteiger partial charge >= 0.3 is 6.09 Å². The van der Waals surface area contributed by atoms with Gasteiger partial charge in [-0.15, -0.1) is 0 Å². The van der Waals surface area contributed by atoms with Gasteiger partial charge in [-0.25, -0.2) is 4.79 Å². The first kappa shape index (κ1) is 24.6. The van der Waals surface area contributed by atoms with Gasteiger partial charge in [-0.1, -0.05) is 56.3 Å². The van der Waals surface area contributed by atoms with E-state index >= 15 is 0 Å². The van der Waals surface area contributed by atoms with Gasteiger partial charge < -0.3 is 19.7 Å². The van der Waals surface area contributed by atoms with Gasteiger partial charge in [0.1, 0.15) is 18.4 Å². The van der Waals surface area contributed by atoms with Crippen molar-refractivity contribution >= 4 is 12.0 Å². The molecule has 1 N–H and O–H groups in total. The van der Waals surface area contributed by atoms with E-state index in [4.69, 9.17) is 9.47 Å². The fourth-order valence-corrected chi connectivity index (χ4v) is 3.94. The number of carbonyl (C=O) groups is 2. The number of alkyl carbamates (subject to hydrolysis) is 1. The van der Waals surface area contributed by atoms with Crippen LogP contribution in [0.4, 0.5) is 4.79 Å². The number of benzene rings is 2. The minimum atomic E-state index is -0.610. The van der Waals surface area contributed by atoms with Crippen LogP contribution in [0.2, 0.25) is 0 Å². The van der Waals surface area contributed by atoms with E-state index in [1.54, 1.807) is 7.11 Å². The van der Waals surface area contributed by atoms with Crippen molar-refractivity contribution in [3.8, 4) is 5.75 Å². The molecule has 2 aromatic rings. The van der Waals surface area contributed by atoms with Crippen LogP contribution < -0.4 is 10.1 Å². The second-order valence-electron chi connectivity index (χ2n) is 8.73. The zero-order chi connectivity index (χ0) is 23.6. The number of amides is 2. The number of hydrogen-bond acceptors (Lipinski definition) is 5. The topological polar surface area (TPSA) is 71.1 Å². The molecule has 178 valence electrons. The van der Waals surface area contributed by atoms with Crippen molar-refractivity contribution in [2.45, 2.75) is 39.5 Å². The highest BCUT2D eigenvalue weighted by atomic mass is 16.5. The summed E-state index contributed by atoms with van der Waals surface area (Å²) in [5.41, 5.74) is 2.13. The quantitative estimate of drug-likeness (QED) is 0.660. The van der Waals surface area contributed by atoms with Gasteiger partial charge in [-0.05, 0) is 35.6 Å². The molecule has 1 heterocycles. The molecule has 1 aliphatic heterocycles. The molecule has 2 aromatic carbocycles. The third kappa shape index (κ3) is 7.49. The van der Waals surface area contributed by atoms with Crippen molar-refractivity contribution in [3.63, 3.8) is 0 Å². The molecule has 0 bridgehead atoms. The van der Waals surface area contributed by atoms with Gasteiger partial charge in [-0.3, -0.25) is 9.69 Å². The molecule has 0 unspecified atom stereocenters. The summed E-state index contributed by atoms with van der Waals surface area (Å²) >= 11 is 0. The highest BCUT2D eigenvalue weighted by Gasteiger charge is 2.30. The van der Waals surface area contributed by atoms with Crippen molar-refractivity contribution in [1.82, 2.24) is 15.1 Å². The van der Waals surface area contributed by atoms with Crippen molar-refractivity contribution in [3.05, 3.63) is 65.7 Å². The van der Waals surface area contributed by atoms with Crippen LogP contribution in [0.3, 0.4) is 0 Å².